The smallest absolute Gasteiger partial charge is 0.320 e. The van der Waals surface area contributed by atoms with Gasteiger partial charge in [0.25, 0.3) is 0 Å². The number of fused-ring (bicyclic) bond motifs is 1. The molecular weight excluding hydrogens is 412 g/mol. The zero-order chi connectivity index (χ0) is 25.0. The van der Waals surface area contributed by atoms with Gasteiger partial charge in [-0.15, -0.1) is 0 Å². The Kier molecular flexibility index (Phi) is 11.8. The molecule has 2 aromatic heterocycles. The lowest BCUT2D eigenvalue weighted by Crippen LogP contribution is -2.28. The van der Waals surface area contributed by atoms with E-state index in [1.807, 2.05) is 66.7 Å². The van der Waals surface area contributed by atoms with Gasteiger partial charge in [-0.25, -0.2) is 9.78 Å². The molecule has 178 valence electrons. The molecule has 0 aromatic carbocycles. The van der Waals surface area contributed by atoms with E-state index in [0.717, 1.165) is 45.2 Å². The molecule has 0 radical (unpaired) electrons. The van der Waals surface area contributed by atoms with Crippen LogP contribution in [0.25, 0.3) is 16.3 Å². The minimum atomic E-state index is -0.288. The summed E-state index contributed by atoms with van der Waals surface area (Å²) in [5, 5.41) is 7.19. The maximum atomic E-state index is 12.4. The number of rotatable bonds is 8. The molecule has 0 saturated heterocycles. The highest BCUT2D eigenvalue weighted by atomic mass is 16.2. The first-order chi connectivity index (χ1) is 15.8. The van der Waals surface area contributed by atoms with Gasteiger partial charge in [-0.2, -0.15) is 0 Å². The van der Waals surface area contributed by atoms with E-state index in [1.54, 1.807) is 18.5 Å². The van der Waals surface area contributed by atoms with Crippen LogP contribution in [0.4, 0.5) is 10.6 Å². The summed E-state index contributed by atoms with van der Waals surface area (Å²) in [4.78, 5) is 33.1. The molecule has 0 unspecified atom stereocenters. The number of ketones is 1. The lowest BCUT2D eigenvalue weighted by atomic mass is 9.95. The number of nitrogens with one attached hydrogen (secondary N) is 2. The van der Waals surface area contributed by atoms with Crippen LogP contribution in [0.3, 0.4) is 0 Å². The van der Waals surface area contributed by atoms with E-state index < -0.39 is 0 Å². The molecule has 0 fully saturated rings. The summed E-state index contributed by atoms with van der Waals surface area (Å²) in [5.41, 5.74) is 4.64. The van der Waals surface area contributed by atoms with Gasteiger partial charge in [0.05, 0.1) is 5.69 Å². The Morgan fingerprint density at radius 3 is 2.18 bits per heavy atom. The van der Waals surface area contributed by atoms with Gasteiger partial charge in [-0.05, 0) is 63.5 Å². The average molecular weight is 451 g/mol. The van der Waals surface area contributed by atoms with E-state index in [9.17, 15) is 9.59 Å². The summed E-state index contributed by atoms with van der Waals surface area (Å²) in [6.45, 7) is 16.3. The highest BCUT2D eigenvalue weighted by Gasteiger charge is 2.12. The first-order valence-electron chi connectivity index (χ1n) is 11.7. The number of carbonyl (C=O) groups is 2. The number of Topliss-reactive ketones (excluding diaryl/α,β-unsaturated/α-hetero) is 1. The first-order valence-corrected chi connectivity index (χ1v) is 11.7. The number of allylic oxidation sites excluding steroid dienone is 6. The van der Waals surface area contributed by atoms with Crippen LogP contribution in [-0.4, -0.2) is 28.3 Å². The summed E-state index contributed by atoms with van der Waals surface area (Å²) in [7, 11) is 0. The number of aromatic nitrogens is 2. The molecule has 2 N–H and O–H groups in total. The highest BCUT2D eigenvalue weighted by Crippen LogP contribution is 2.27. The summed E-state index contributed by atoms with van der Waals surface area (Å²) in [6.07, 6.45) is 8.80. The Morgan fingerprint density at radius 2 is 1.61 bits per heavy atom. The van der Waals surface area contributed by atoms with Gasteiger partial charge in [-0.1, -0.05) is 39.3 Å². The van der Waals surface area contributed by atoms with Gasteiger partial charge < -0.3 is 5.32 Å². The zero-order valence-electron chi connectivity index (χ0n) is 21.3. The predicted octanol–water partition coefficient (Wildman–Crippen LogP) is 6.85. The molecule has 2 aromatic rings. The molecule has 0 bridgehead atoms. The van der Waals surface area contributed by atoms with Crippen molar-refractivity contribution in [1.82, 2.24) is 15.3 Å². The summed E-state index contributed by atoms with van der Waals surface area (Å²) in [6, 6.07) is 3.48. The quantitative estimate of drug-likeness (QED) is 0.340. The number of urea groups is 1. The predicted molar refractivity (Wildman–Crippen MR) is 139 cm³/mol. The van der Waals surface area contributed by atoms with Crippen LogP contribution < -0.4 is 10.6 Å². The fourth-order valence-electron chi connectivity index (χ4n) is 3.27. The van der Waals surface area contributed by atoms with E-state index in [-0.39, 0.29) is 11.8 Å². The monoisotopic (exact) mass is 450 g/mol. The second kappa shape index (κ2) is 14.0. The average Bonchev–Trinajstić information content (AvgIpc) is 2.83. The normalized spacial score (nSPS) is 12.5. The summed E-state index contributed by atoms with van der Waals surface area (Å²) in [5.74, 6) is 0.621. The van der Waals surface area contributed by atoms with E-state index in [0.29, 0.717) is 18.8 Å². The van der Waals surface area contributed by atoms with Crippen molar-refractivity contribution in [2.45, 2.75) is 68.2 Å². The van der Waals surface area contributed by atoms with E-state index in [4.69, 9.17) is 0 Å². The molecule has 2 heterocycles. The molecule has 0 atom stereocenters. The number of anilines is 1. The van der Waals surface area contributed by atoms with Crippen LogP contribution in [0.1, 0.15) is 73.9 Å². The number of carbonyl (C=O) groups excluding carboxylic acids is 2. The summed E-state index contributed by atoms with van der Waals surface area (Å²) < 4.78 is 0. The van der Waals surface area contributed by atoms with Crippen molar-refractivity contribution in [2.75, 3.05) is 11.9 Å². The molecule has 2 rings (SSSR count). The molecule has 6 nitrogen and oxygen atoms in total. The molecule has 6 heteroatoms. The number of hydrogen-bond donors (Lipinski definition) is 2. The third-order valence-electron chi connectivity index (χ3n) is 5.14. The Bertz CT molecular complexity index is 1060. The molecule has 0 saturated carbocycles. The Morgan fingerprint density at radius 1 is 0.970 bits per heavy atom. The molecule has 0 aliphatic heterocycles. The van der Waals surface area contributed by atoms with Gasteiger partial charge in [0.15, 0.2) is 5.78 Å². The van der Waals surface area contributed by atoms with Crippen LogP contribution in [0, 0.1) is 0 Å². The number of amides is 2. The fourth-order valence-corrected chi connectivity index (χ4v) is 3.27. The topological polar surface area (TPSA) is 84.0 Å². The van der Waals surface area contributed by atoms with Crippen LogP contribution in [0.15, 0.2) is 53.4 Å². The van der Waals surface area contributed by atoms with E-state index >= 15 is 0 Å². The van der Waals surface area contributed by atoms with Crippen LogP contribution in [0.5, 0.6) is 0 Å². The summed E-state index contributed by atoms with van der Waals surface area (Å²) >= 11 is 0. The lowest BCUT2D eigenvalue weighted by Gasteiger charge is -2.12. The van der Waals surface area contributed by atoms with Crippen molar-refractivity contribution >= 4 is 34.0 Å². The number of hydrogen-bond acceptors (Lipinski definition) is 4. The minimum absolute atomic E-state index is 0.150. The Hall–Kier alpha value is -3.28. The maximum Gasteiger partial charge on any atom is 0.320 e. The van der Waals surface area contributed by atoms with Crippen molar-refractivity contribution in [1.29, 1.82) is 0 Å². The van der Waals surface area contributed by atoms with Crippen molar-refractivity contribution < 1.29 is 9.59 Å². The Labute approximate surface area is 198 Å². The first kappa shape index (κ1) is 27.8. The Balaban J connectivity index is 0.00000265. The van der Waals surface area contributed by atoms with Gasteiger partial charge in [0.1, 0.15) is 5.82 Å². The van der Waals surface area contributed by atoms with Crippen molar-refractivity contribution in [3.8, 4) is 0 Å². The maximum absolute atomic E-state index is 12.4. The molecule has 2 amide bonds. The SMILES string of the molecule is CC.C\C=C(/C(C)=C\C(C(=O)CC)=C(/C)CC)c1cc2cnc(NC(=O)NCC)cc2cn1. The third kappa shape index (κ3) is 7.67. The molecule has 0 aliphatic rings. The van der Waals surface area contributed by atoms with Crippen LogP contribution in [0.2, 0.25) is 0 Å². The van der Waals surface area contributed by atoms with Gasteiger partial charge in [-0.3, -0.25) is 15.1 Å². The van der Waals surface area contributed by atoms with Crippen LogP contribution in [-0.2, 0) is 4.79 Å². The third-order valence-corrected chi connectivity index (χ3v) is 5.14. The second-order valence-corrected chi connectivity index (χ2v) is 7.32. The molecule has 0 aliphatic carbocycles. The van der Waals surface area contributed by atoms with E-state index in [2.05, 4.69) is 27.5 Å². The second-order valence-electron chi connectivity index (χ2n) is 7.32. The molecular formula is C27H38N4O2. The van der Waals surface area contributed by atoms with Crippen molar-refractivity contribution in [2.24, 2.45) is 0 Å². The lowest BCUT2D eigenvalue weighted by molar-refractivity contribution is -0.115. The fraction of sp³-hybridized carbons (Fsp3) is 0.407. The minimum Gasteiger partial charge on any atom is -0.338 e. The van der Waals surface area contributed by atoms with Crippen molar-refractivity contribution in [3.05, 3.63) is 59.1 Å². The van der Waals surface area contributed by atoms with Gasteiger partial charge >= 0.3 is 6.03 Å². The molecule has 0 spiro atoms. The van der Waals surface area contributed by atoms with Gasteiger partial charge in [0.2, 0.25) is 0 Å². The van der Waals surface area contributed by atoms with Crippen LogP contribution >= 0.6 is 0 Å². The van der Waals surface area contributed by atoms with E-state index in [1.165, 1.54) is 0 Å². The number of pyridine rings is 2. The van der Waals surface area contributed by atoms with Gasteiger partial charge in [0, 0.05) is 41.7 Å². The number of nitrogens with zero attached hydrogens (tertiary/aromatic N) is 2. The molecule has 33 heavy (non-hydrogen) atoms. The largest absolute Gasteiger partial charge is 0.338 e. The highest BCUT2D eigenvalue weighted by molar-refractivity contribution is 5.99. The van der Waals surface area contributed by atoms with Crippen molar-refractivity contribution in [3.63, 3.8) is 0 Å². The standard InChI is InChI=1S/C25H32N4O2.C2H6/c1-7-16(5)21(23(30)9-3)11-17(6)20(8-2)22-12-18-15-28-24(13-19(18)14-27-22)29-25(31)26-10-4;1-2/h8,11-15H,7,9-10H2,1-6H3,(H2,26,28,29,31);1-2H3/b17-11-,20-8+,21-16-;. The zero-order valence-corrected chi connectivity index (χ0v) is 21.3.